The molecule has 2 aromatic heterocycles. The van der Waals surface area contributed by atoms with Crippen LogP contribution in [0.1, 0.15) is 12.6 Å². The molecule has 0 aliphatic rings. The molecular weight excluding hydrogens is 332 g/mol. The number of carbonyl (C=O) groups is 1. The van der Waals surface area contributed by atoms with Crippen LogP contribution in [0.5, 0.6) is 0 Å². The molecule has 1 amide bonds. The number of H-pyrrole nitrogens is 1. The maximum atomic E-state index is 12.0. The summed E-state index contributed by atoms with van der Waals surface area (Å²) in [5, 5.41) is 3.80. The van der Waals surface area contributed by atoms with Gasteiger partial charge in [-0.2, -0.15) is 0 Å². The van der Waals surface area contributed by atoms with Crippen LogP contribution in [0.25, 0.3) is 10.2 Å². The van der Waals surface area contributed by atoms with Gasteiger partial charge < -0.3 is 10.3 Å². The van der Waals surface area contributed by atoms with Crippen LogP contribution in [-0.4, -0.2) is 26.6 Å². The fourth-order valence-electron chi connectivity index (χ4n) is 1.95. The zero-order valence-corrected chi connectivity index (χ0v) is 14.0. The molecule has 8 heteroatoms. The van der Waals surface area contributed by atoms with Crippen molar-refractivity contribution in [1.82, 2.24) is 15.0 Å². The van der Waals surface area contributed by atoms with Crippen molar-refractivity contribution < 1.29 is 4.79 Å². The summed E-state index contributed by atoms with van der Waals surface area (Å²) in [6.45, 7) is 1.93. The molecule has 2 heterocycles. The number of hydrogen-bond acceptors (Lipinski definition) is 6. The van der Waals surface area contributed by atoms with Crippen LogP contribution < -0.4 is 10.9 Å². The molecule has 0 atom stereocenters. The summed E-state index contributed by atoms with van der Waals surface area (Å²) in [6, 6.07) is 9.17. The second-order valence-corrected chi connectivity index (χ2v) is 6.71. The van der Waals surface area contributed by atoms with Crippen LogP contribution in [0.15, 0.2) is 40.3 Å². The first-order chi connectivity index (χ1) is 11.1. The third-order valence-electron chi connectivity index (χ3n) is 3.02. The number of carbonyl (C=O) groups excluding carboxylic acids is 1. The normalized spacial score (nSPS) is 10.8. The van der Waals surface area contributed by atoms with E-state index in [0.29, 0.717) is 22.4 Å². The number of nitrogens with one attached hydrogen (secondary N) is 2. The Morgan fingerprint density at radius 1 is 1.35 bits per heavy atom. The molecule has 0 unspecified atom stereocenters. The molecule has 118 valence electrons. The number of rotatable bonds is 5. The highest BCUT2D eigenvalue weighted by Gasteiger charge is 2.09. The van der Waals surface area contributed by atoms with E-state index < -0.39 is 0 Å². The predicted octanol–water partition coefficient (Wildman–Crippen LogP) is 2.67. The number of thiazole rings is 1. The van der Waals surface area contributed by atoms with E-state index in [4.69, 9.17) is 0 Å². The zero-order chi connectivity index (χ0) is 16.2. The Hall–Kier alpha value is -2.19. The Balaban J connectivity index is 1.63. The number of aromatic nitrogens is 3. The lowest BCUT2D eigenvalue weighted by molar-refractivity contribution is -0.113. The minimum Gasteiger partial charge on any atom is -0.301 e. The van der Waals surface area contributed by atoms with Gasteiger partial charge >= 0.3 is 0 Å². The molecule has 3 aromatic rings. The van der Waals surface area contributed by atoms with Crippen LogP contribution in [0.4, 0.5) is 5.13 Å². The van der Waals surface area contributed by atoms with E-state index in [-0.39, 0.29) is 17.2 Å². The minimum absolute atomic E-state index is 0.159. The third kappa shape index (κ3) is 3.96. The number of aryl methyl sites for hydroxylation is 1. The summed E-state index contributed by atoms with van der Waals surface area (Å²) >= 11 is 2.63. The number of amides is 1. The Kier molecular flexibility index (Phi) is 4.73. The molecule has 23 heavy (non-hydrogen) atoms. The molecule has 0 radical (unpaired) electrons. The van der Waals surface area contributed by atoms with Gasteiger partial charge in [0.15, 0.2) is 10.3 Å². The number of benzene rings is 1. The highest BCUT2D eigenvalue weighted by atomic mass is 32.2. The Labute approximate surface area is 140 Å². The van der Waals surface area contributed by atoms with Crippen molar-refractivity contribution in [2.75, 3.05) is 11.1 Å². The SMILES string of the molecule is CCc1cc(=O)[nH]c(SCC(=O)Nc2nc3ccccc3s2)n1. The van der Waals surface area contributed by atoms with Crippen molar-refractivity contribution in [1.29, 1.82) is 0 Å². The van der Waals surface area contributed by atoms with Crippen LogP contribution in [0, 0.1) is 0 Å². The standard InChI is InChI=1S/C15H14N4O2S2/c1-2-9-7-12(20)18-14(16-9)22-8-13(21)19-15-17-10-5-3-4-6-11(10)23-15/h3-7H,2,8H2,1H3,(H,16,18,20)(H,17,19,21). The maximum Gasteiger partial charge on any atom is 0.251 e. The summed E-state index contributed by atoms with van der Waals surface area (Å²) in [5.74, 6) is -0.0231. The van der Waals surface area contributed by atoms with E-state index >= 15 is 0 Å². The highest BCUT2D eigenvalue weighted by molar-refractivity contribution is 7.99. The van der Waals surface area contributed by atoms with Crippen molar-refractivity contribution in [2.45, 2.75) is 18.5 Å². The third-order valence-corrected chi connectivity index (χ3v) is 4.84. The van der Waals surface area contributed by atoms with E-state index in [0.717, 1.165) is 10.2 Å². The highest BCUT2D eigenvalue weighted by Crippen LogP contribution is 2.25. The lowest BCUT2D eigenvalue weighted by Gasteiger charge is -2.03. The molecule has 0 spiro atoms. The Morgan fingerprint density at radius 3 is 2.96 bits per heavy atom. The van der Waals surface area contributed by atoms with E-state index in [2.05, 4.69) is 20.3 Å². The molecule has 1 aromatic carbocycles. The summed E-state index contributed by atoms with van der Waals surface area (Å²) in [5.41, 5.74) is 1.37. The van der Waals surface area contributed by atoms with Crippen molar-refractivity contribution in [3.05, 3.63) is 46.4 Å². The lowest BCUT2D eigenvalue weighted by Crippen LogP contribution is -2.15. The summed E-state index contributed by atoms with van der Waals surface area (Å²) in [6.07, 6.45) is 0.676. The number of anilines is 1. The van der Waals surface area contributed by atoms with Gasteiger partial charge in [0, 0.05) is 11.8 Å². The van der Waals surface area contributed by atoms with Crippen LogP contribution in [0.3, 0.4) is 0 Å². The first-order valence-electron chi connectivity index (χ1n) is 7.02. The molecule has 2 N–H and O–H groups in total. The topological polar surface area (TPSA) is 87.7 Å². The van der Waals surface area contributed by atoms with Gasteiger partial charge in [0.05, 0.1) is 16.0 Å². The van der Waals surface area contributed by atoms with Crippen LogP contribution >= 0.6 is 23.1 Å². The number of para-hydroxylation sites is 1. The average Bonchev–Trinajstić information content (AvgIpc) is 2.94. The van der Waals surface area contributed by atoms with Gasteiger partial charge in [0.25, 0.3) is 5.56 Å². The summed E-state index contributed by atoms with van der Waals surface area (Å²) in [7, 11) is 0. The smallest absolute Gasteiger partial charge is 0.251 e. The largest absolute Gasteiger partial charge is 0.301 e. The molecule has 6 nitrogen and oxygen atoms in total. The summed E-state index contributed by atoms with van der Waals surface area (Å²) < 4.78 is 1.03. The lowest BCUT2D eigenvalue weighted by atomic mass is 10.3. The van der Waals surface area contributed by atoms with Gasteiger partial charge in [-0.1, -0.05) is 42.2 Å². The van der Waals surface area contributed by atoms with Crippen LogP contribution in [-0.2, 0) is 11.2 Å². The first kappa shape index (κ1) is 15.7. The number of aromatic amines is 1. The molecule has 0 bridgehead atoms. The minimum atomic E-state index is -0.203. The number of hydrogen-bond donors (Lipinski definition) is 2. The van der Waals surface area contributed by atoms with Gasteiger partial charge in [-0.05, 0) is 18.6 Å². The second kappa shape index (κ2) is 6.93. The molecule has 3 rings (SSSR count). The van der Waals surface area contributed by atoms with Gasteiger partial charge in [-0.25, -0.2) is 9.97 Å². The zero-order valence-electron chi connectivity index (χ0n) is 12.3. The quantitative estimate of drug-likeness (QED) is 0.548. The van der Waals surface area contributed by atoms with E-state index in [9.17, 15) is 9.59 Å². The maximum absolute atomic E-state index is 12.0. The van der Waals surface area contributed by atoms with Crippen LogP contribution in [0.2, 0.25) is 0 Å². The van der Waals surface area contributed by atoms with Gasteiger partial charge in [-0.15, -0.1) is 0 Å². The predicted molar refractivity (Wildman–Crippen MR) is 93.2 cm³/mol. The molecule has 0 aliphatic carbocycles. The number of thioether (sulfide) groups is 1. The fourth-order valence-corrected chi connectivity index (χ4v) is 3.52. The van der Waals surface area contributed by atoms with Crippen molar-refractivity contribution in [2.24, 2.45) is 0 Å². The number of fused-ring (bicyclic) bond motifs is 1. The monoisotopic (exact) mass is 346 g/mol. The average molecular weight is 346 g/mol. The second-order valence-electron chi connectivity index (χ2n) is 4.72. The van der Waals surface area contributed by atoms with E-state index in [1.54, 1.807) is 0 Å². The molecule has 0 saturated heterocycles. The molecule has 0 fully saturated rings. The van der Waals surface area contributed by atoms with E-state index in [1.165, 1.54) is 29.2 Å². The molecule has 0 saturated carbocycles. The van der Waals surface area contributed by atoms with Crippen molar-refractivity contribution in [3.63, 3.8) is 0 Å². The van der Waals surface area contributed by atoms with Gasteiger partial charge in [-0.3, -0.25) is 9.59 Å². The Bertz CT molecular complexity index is 871. The van der Waals surface area contributed by atoms with Crippen molar-refractivity contribution >= 4 is 44.4 Å². The molecule has 0 aliphatic heterocycles. The fraction of sp³-hybridized carbons (Fsp3) is 0.200. The first-order valence-corrected chi connectivity index (χ1v) is 8.82. The number of nitrogens with zero attached hydrogens (tertiary/aromatic N) is 2. The van der Waals surface area contributed by atoms with E-state index in [1.807, 2.05) is 31.2 Å². The van der Waals surface area contributed by atoms with Gasteiger partial charge in [0.1, 0.15) is 0 Å². The molecular formula is C15H14N4O2S2. The Morgan fingerprint density at radius 2 is 2.17 bits per heavy atom. The van der Waals surface area contributed by atoms with Crippen molar-refractivity contribution in [3.8, 4) is 0 Å². The summed E-state index contributed by atoms with van der Waals surface area (Å²) in [4.78, 5) is 34.8. The van der Waals surface area contributed by atoms with Gasteiger partial charge in [0.2, 0.25) is 5.91 Å².